The first-order valence-corrected chi connectivity index (χ1v) is 12.6. The number of halogens is 1. The molecular formula is C30H33FN2O. The highest BCUT2D eigenvalue weighted by Crippen LogP contribution is 2.30. The summed E-state index contributed by atoms with van der Waals surface area (Å²) >= 11 is 0. The van der Waals surface area contributed by atoms with Crippen LogP contribution in [-0.2, 0) is 25.9 Å². The zero-order valence-corrected chi connectivity index (χ0v) is 19.7. The van der Waals surface area contributed by atoms with Gasteiger partial charge in [0.25, 0.3) is 0 Å². The second-order valence-corrected chi connectivity index (χ2v) is 9.75. The number of carbonyl (C=O) groups excluding carboxylic acids is 1. The Hall–Kier alpha value is -2.98. The maximum atomic E-state index is 13.5. The summed E-state index contributed by atoms with van der Waals surface area (Å²) in [7, 11) is 0. The van der Waals surface area contributed by atoms with E-state index < -0.39 is 0 Å². The van der Waals surface area contributed by atoms with Gasteiger partial charge >= 0.3 is 0 Å². The van der Waals surface area contributed by atoms with Gasteiger partial charge in [-0.05, 0) is 97.6 Å². The zero-order chi connectivity index (χ0) is 23.3. The van der Waals surface area contributed by atoms with E-state index in [1.807, 2.05) is 18.2 Å². The second kappa shape index (κ2) is 10.5. The van der Waals surface area contributed by atoms with E-state index >= 15 is 0 Å². The molecule has 2 aliphatic rings. The van der Waals surface area contributed by atoms with Crippen LogP contribution in [0.25, 0.3) is 0 Å². The standard InChI is InChI=1S/C30H33FN2O/c31-28-12-5-23(6-13-28)20-33-21-27-19-26(30(34)14-7-22-15-17-32-18-16-22)11-9-24(27)8-10-25-3-1-2-4-29(25)33/h1-6,9,11-13,19,22,32H,7-8,10,14-18,20-21H2. The highest BCUT2D eigenvalue weighted by molar-refractivity contribution is 5.96. The molecule has 1 N–H and O–H groups in total. The van der Waals surface area contributed by atoms with E-state index in [9.17, 15) is 9.18 Å². The van der Waals surface area contributed by atoms with Crippen LogP contribution in [0.4, 0.5) is 10.1 Å². The fourth-order valence-corrected chi connectivity index (χ4v) is 5.38. The molecule has 0 amide bonds. The first kappa shape index (κ1) is 22.8. The number of anilines is 1. The summed E-state index contributed by atoms with van der Waals surface area (Å²) in [5, 5.41) is 3.40. The van der Waals surface area contributed by atoms with E-state index in [1.54, 1.807) is 0 Å². The maximum absolute atomic E-state index is 13.5. The fourth-order valence-electron chi connectivity index (χ4n) is 5.38. The molecule has 2 heterocycles. The number of ketones is 1. The molecule has 176 valence electrons. The van der Waals surface area contributed by atoms with Gasteiger partial charge in [-0.15, -0.1) is 0 Å². The van der Waals surface area contributed by atoms with Gasteiger partial charge in [0.2, 0.25) is 0 Å². The molecule has 2 aliphatic heterocycles. The maximum Gasteiger partial charge on any atom is 0.162 e. The van der Waals surface area contributed by atoms with Gasteiger partial charge in [0.1, 0.15) is 5.82 Å². The molecule has 1 fully saturated rings. The van der Waals surface area contributed by atoms with Crippen molar-refractivity contribution in [2.75, 3.05) is 18.0 Å². The summed E-state index contributed by atoms with van der Waals surface area (Å²) in [4.78, 5) is 15.4. The molecule has 0 aliphatic carbocycles. The molecule has 0 unspecified atom stereocenters. The molecule has 0 bridgehead atoms. The van der Waals surface area contributed by atoms with Crippen LogP contribution >= 0.6 is 0 Å². The number of hydrogen-bond acceptors (Lipinski definition) is 3. The van der Waals surface area contributed by atoms with Crippen LogP contribution in [0.2, 0.25) is 0 Å². The number of para-hydroxylation sites is 1. The lowest BCUT2D eigenvalue weighted by atomic mass is 9.89. The van der Waals surface area contributed by atoms with Crippen LogP contribution in [-0.4, -0.2) is 18.9 Å². The Balaban J connectivity index is 1.38. The topological polar surface area (TPSA) is 32.3 Å². The molecular weight excluding hydrogens is 423 g/mol. The average Bonchev–Trinajstić information content (AvgIpc) is 2.87. The van der Waals surface area contributed by atoms with Crippen molar-refractivity contribution in [2.24, 2.45) is 5.92 Å². The number of benzene rings is 3. The lowest BCUT2D eigenvalue weighted by Gasteiger charge is -2.31. The van der Waals surface area contributed by atoms with E-state index in [0.717, 1.165) is 50.0 Å². The van der Waals surface area contributed by atoms with Crippen molar-refractivity contribution in [3.8, 4) is 0 Å². The molecule has 1 saturated heterocycles. The van der Waals surface area contributed by atoms with Crippen LogP contribution in [0.5, 0.6) is 0 Å². The summed E-state index contributed by atoms with van der Waals surface area (Å²) in [5.41, 5.74) is 7.01. The van der Waals surface area contributed by atoms with Crippen molar-refractivity contribution >= 4 is 11.5 Å². The van der Waals surface area contributed by atoms with Crippen LogP contribution in [0.3, 0.4) is 0 Å². The lowest BCUT2D eigenvalue weighted by Crippen LogP contribution is -2.28. The minimum absolute atomic E-state index is 0.213. The Bertz CT molecular complexity index is 1130. The quantitative estimate of drug-likeness (QED) is 0.455. The van der Waals surface area contributed by atoms with Gasteiger partial charge in [0.05, 0.1) is 0 Å². The molecule has 0 radical (unpaired) electrons. The number of aryl methyl sites for hydroxylation is 2. The zero-order valence-electron chi connectivity index (χ0n) is 19.7. The summed E-state index contributed by atoms with van der Waals surface area (Å²) in [5.74, 6) is 0.709. The number of rotatable bonds is 6. The van der Waals surface area contributed by atoms with Gasteiger partial charge in [-0.1, -0.05) is 42.5 Å². The van der Waals surface area contributed by atoms with Crippen LogP contribution in [0.1, 0.15) is 58.3 Å². The van der Waals surface area contributed by atoms with Gasteiger partial charge < -0.3 is 10.2 Å². The minimum Gasteiger partial charge on any atom is -0.363 e. The van der Waals surface area contributed by atoms with E-state index in [-0.39, 0.29) is 11.6 Å². The molecule has 5 rings (SSSR count). The number of carbonyl (C=O) groups is 1. The molecule has 0 aromatic heterocycles. The largest absolute Gasteiger partial charge is 0.363 e. The monoisotopic (exact) mass is 456 g/mol. The number of hydrogen-bond donors (Lipinski definition) is 1. The van der Waals surface area contributed by atoms with Gasteiger partial charge in [0.15, 0.2) is 5.78 Å². The first-order valence-electron chi connectivity index (χ1n) is 12.6. The summed E-state index contributed by atoms with van der Waals surface area (Å²) in [6, 6.07) is 21.7. The molecule has 3 aromatic carbocycles. The van der Waals surface area contributed by atoms with Gasteiger partial charge in [-0.3, -0.25) is 4.79 Å². The third-order valence-corrected chi connectivity index (χ3v) is 7.41. The normalized spacial score (nSPS) is 16.3. The van der Waals surface area contributed by atoms with E-state index in [1.165, 1.54) is 47.4 Å². The lowest BCUT2D eigenvalue weighted by molar-refractivity contribution is 0.0970. The van der Waals surface area contributed by atoms with E-state index in [0.29, 0.717) is 18.9 Å². The van der Waals surface area contributed by atoms with Crippen molar-refractivity contribution < 1.29 is 9.18 Å². The number of nitrogens with zero attached hydrogens (tertiary/aromatic N) is 1. The number of nitrogens with one attached hydrogen (secondary N) is 1. The minimum atomic E-state index is -0.213. The van der Waals surface area contributed by atoms with Crippen LogP contribution in [0, 0.1) is 11.7 Å². The smallest absolute Gasteiger partial charge is 0.162 e. The van der Waals surface area contributed by atoms with Crippen LogP contribution < -0.4 is 10.2 Å². The van der Waals surface area contributed by atoms with Crippen molar-refractivity contribution in [1.29, 1.82) is 0 Å². The summed E-state index contributed by atoms with van der Waals surface area (Å²) in [6.07, 6.45) is 5.91. The Labute approximate surface area is 202 Å². The first-order chi connectivity index (χ1) is 16.7. The molecule has 0 atom stereocenters. The number of piperidine rings is 1. The highest BCUT2D eigenvalue weighted by Gasteiger charge is 2.20. The average molecular weight is 457 g/mol. The fraction of sp³-hybridized carbons (Fsp3) is 0.367. The molecule has 3 aromatic rings. The third kappa shape index (κ3) is 5.39. The van der Waals surface area contributed by atoms with E-state index in [4.69, 9.17) is 0 Å². The second-order valence-electron chi connectivity index (χ2n) is 9.75. The molecule has 3 nitrogen and oxygen atoms in total. The third-order valence-electron chi connectivity index (χ3n) is 7.41. The molecule has 0 spiro atoms. The van der Waals surface area contributed by atoms with Gasteiger partial charge in [-0.2, -0.15) is 0 Å². The number of fused-ring (bicyclic) bond motifs is 2. The van der Waals surface area contributed by atoms with E-state index in [2.05, 4.69) is 46.6 Å². The SMILES string of the molecule is O=C(CCC1CCNCC1)c1ccc2c(c1)CN(Cc1ccc(F)cc1)c1ccccc1CC2. The summed E-state index contributed by atoms with van der Waals surface area (Å²) < 4.78 is 13.5. The summed E-state index contributed by atoms with van der Waals surface area (Å²) in [6.45, 7) is 3.58. The van der Waals surface area contributed by atoms with Gasteiger partial charge in [0, 0.05) is 30.8 Å². The highest BCUT2D eigenvalue weighted by atomic mass is 19.1. The predicted molar refractivity (Wildman–Crippen MR) is 136 cm³/mol. The van der Waals surface area contributed by atoms with Crippen molar-refractivity contribution in [1.82, 2.24) is 5.32 Å². The Morgan fingerprint density at radius 2 is 1.68 bits per heavy atom. The molecule has 0 saturated carbocycles. The van der Waals surface area contributed by atoms with Crippen molar-refractivity contribution in [3.05, 3.63) is 100 Å². The Kier molecular flexibility index (Phi) is 7.05. The number of Topliss-reactive ketones (excluding diaryl/α,β-unsaturated/α-hetero) is 1. The predicted octanol–water partition coefficient (Wildman–Crippen LogP) is 6.09. The molecule has 34 heavy (non-hydrogen) atoms. The van der Waals surface area contributed by atoms with Gasteiger partial charge in [-0.25, -0.2) is 4.39 Å². The Morgan fingerprint density at radius 3 is 2.50 bits per heavy atom. The van der Waals surface area contributed by atoms with Crippen molar-refractivity contribution in [2.45, 2.75) is 51.6 Å². The Morgan fingerprint density at radius 1 is 0.912 bits per heavy atom. The van der Waals surface area contributed by atoms with Crippen molar-refractivity contribution in [3.63, 3.8) is 0 Å². The molecule has 4 heteroatoms. The van der Waals surface area contributed by atoms with Crippen LogP contribution in [0.15, 0.2) is 66.7 Å².